The summed E-state index contributed by atoms with van der Waals surface area (Å²) in [5, 5.41) is 23.9. The van der Waals surface area contributed by atoms with Crippen molar-refractivity contribution < 1.29 is 19.7 Å². The van der Waals surface area contributed by atoms with Crippen molar-refractivity contribution in [3.05, 3.63) is 42.2 Å². The number of carbonyl (C=O) groups is 1. The number of aromatic nitrogens is 4. The van der Waals surface area contributed by atoms with Crippen molar-refractivity contribution in [2.45, 2.75) is 43.0 Å². The standard InChI is InChI=1S/C20H24N6O4S/c1-2-22-18(29)15-13(27)14(28)19(30-15)26-10-23-12-16(21)24-20(25-17(12)26)31-9-8-11-6-4-3-5-7-11/h3-7,10,13-15,19,27-28H,2,8-9H2,1H3,(H,22,29)(H2,21,24,25)/t13-,14+,15-,19+/m0/s1. The maximum absolute atomic E-state index is 12.1. The average molecular weight is 445 g/mol. The summed E-state index contributed by atoms with van der Waals surface area (Å²) in [5.74, 6) is 0.468. The van der Waals surface area contributed by atoms with Crippen molar-refractivity contribution in [2.24, 2.45) is 0 Å². The quantitative estimate of drug-likeness (QED) is 0.302. The van der Waals surface area contributed by atoms with Gasteiger partial charge in [0, 0.05) is 12.3 Å². The second-order valence-electron chi connectivity index (χ2n) is 7.12. The summed E-state index contributed by atoms with van der Waals surface area (Å²) in [5.41, 5.74) is 8.01. The third kappa shape index (κ3) is 4.35. The molecule has 11 heteroatoms. The van der Waals surface area contributed by atoms with Crippen molar-refractivity contribution in [2.75, 3.05) is 18.0 Å². The Morgan fingerprint density at radius 2 is 2.03 bits per heavy atom. The molecule has 1 aliphatic heterocycles. The number of aliphatic hydroxyl groups is 2. The molecule has 1 amide bonds. The molecule has 0 aliphatic carbocycles. The number of rotatable bonds is 7. The van der Waals surface area contributed by atoms with E-state index in [1.54, 1.807) is 6.92 Å². The van der Waals surface area contributed by atoms with Crippen LogP contribution in [0.25, 0.3) is 11.2 Å². The van der Waals surface area contributed by atoms with E-state index in [1.807, 2.05) is 18.2 Å². The van der Waals surface area contributed by atoms with Crippen LogP contribution in [-0.2, 0) is 16.0 Å². The number of hydrogen-bond acceptors (Lipinski definition) is 9. The predicted molar refractivity (Wildman–Crippen MR) is 115 cm³/mol. The first-order valence-electron chi connectivity index (χ1n) is 9.95. The van der Waals surface area contributed by atoms with Crippen LogP contribution in [0.5, 0.6) is 0 Å². The molecule has 3 heterocycles. The number of amides is 1. The zero-order valence-electron chi connectivity index (χ0n) is 16.9. The first-order chi connectivity index (χ1) is 15.0. The molecule has 0 spiro atoms. The minimum atomic E-state index is -1.38. The molecule has 0 radical (unpaired) electrons. The fourth-order valence-corrected chi connectivity index (χ4v) is 4.29. The number of nitrogen functional groups attached to an aromatic ring is 1. The molecule has 10 nitrogen and oxygen atoms in total. The number of ether oxygens (including phenoxy) is 1. The molecular formula is C20H24N6O4S. The predicted octanol–water partition coefficient (Wildman–Crippen LogP) is 0.499. The van der Waals surface area contributed by atoms with Gasteiger partial charge in [0.15, 0.2) is 29.0 Å². The van der Waals surface area contributed by atoms with E-state index in [1.165, 1.54) is 28.2 Å². The number of imidazole rings is 1. The molecule has 164 valence electrons. The van der Waals surface area contributed by atoms with Gasteiger partial charge in [0.1, 0.15) is 17.7 Å². The molecule has 0 bridgehead atoms. The lowest BCUT2D eigenvalue weighted by atomic mass is 10.1. The number of benzene rings is 1. The fourth-order valence-electron chi connectivity index (χ4n) is 3.45. The minimum absolute atomic E-state index is 0.208. The Bertz CT molecular complexity index is 1060. The highest BCUT2D eigenvalue weighted by molar-refractivity contribution is 7.99. The molecule has 1 fully saturated rings. The highest BCUT2D eigenvalue weighted by Gasteiger charge is 2.47. The van der Waals surface area contributed by atoms with Gasteiger partial charge >= 0.3 is 0 Å². The Hall–Kier alpha value is -2.73. The maximum atomic E-state index is 12.1. The third-order valence-corrected chi connectivity index (χ3v) is 5.86. The molecule has 5 N–H and O–H groups in total. The number of fused-ring (bicyclic) bond motifs is 1. The molecular weight excluding hydrogens is 420 g/mol. The van der Waals surface area contributed by atoms with Crippen LogP contribution in [0.1, 0.15) is 18.7 Å². The molecule has 1 saturated heterocycles. The van der Waals surface area contributed by atoms with Crippen LogP contribution in [0.15, 0.2) is 41.8 Å². The molecule has 3 aromatic rings. The van der Waals surface area contributed by atoms with Crippen molar-refractivity contribution >= 4 is 34.7 Å². The maximum Gasteiger partial charge on any atom is 0.252 e. The van der Waals surface area contributed by atoms with E-state index in [2.05, 4.69) is 32.4 Å². The van der Waals surface area contributed by atoms with Crippen molar-refractivity contribution in [3.8, 4) is 0 Å². The summed E-state index contributed by atoms with van der Waals surface area (Å²) >= 11 is 1.45. The molecule has 0 saturated carbocycles. The molecule has 31 heavy (non-hydrogen) atoms. The molecule has 1 aliphatic rings. The van der Waals surface area contributed by atoms with Gasteiger partial charge in [0.05, 0.1) is 6.33 Å². The van der Waals surface area contributed by atoms with E-state index < -0.39 is 30.4 Å². The lowest BCUT2D eigenvalue weighted by Gasteiger charge is -2.16. The lowest BCUT2D eigenvalue weighted by molar-refractivity contribution is -0.137. The van der Waals surface area contributed by atoms with Gasteiger partial charge in [-0.15, -0.1) is 0 Å². The Kier molecular flexibility index (Phi) is 6.37. The molecule has 0 unspecified atom stereocenters. The molecule has 4 rings (SSSR count). The number of likely N-dealkylation sites (N-methyl/N-ethyl adjacent to an activating group) is 1. The van der Waals surface area contributed by atoms with E-state index >= 15 is 0 Å². The van der Waals surface area contributed by atoms with E-state index in [0.29, 0.717) is 22.9 Å². The smallest absolute Gasteiger partial charge is 0.252 e. The second kappa shape index (κ2) is 9.18. The number of nitrogens with zero attached hydrogens (tertiary/aromatic N) is 4. The summed E-state index contributed by atoms with van der Waals surface area (Å²) in [4.78, 5) is 25.2. The van der Waals surface area contributed by atoms with Crippen molar-refractivity contribution in [3.63, 3.8) is 0 Å². The number of hydrogen-bond donors (Lipinski definition) is 4. The van der Waals surface area contributed by atoms with Gasteiger partial charge in [0.2, 0.25) is 0 Å². The van der Waals surface area contributed by atoms with Crippen molar-refractivity contribution in [1.82, 2.24) is 24.8 Å². The first-order valence-corrected chi connectivity index (χ1v) is 10.9. The highest BCUT2D eigenvalue weighted by atomic mass is 32.2. The Morgan fingerprint density at radius 3 is 2.77 bits per heavy atom. The SMILES string of the molecule is CCNC(=O)[C@H]1O[C@@H](n2cnc3c(N)nc(SCCc4ccccc4)nc32)[C@H](O)[C@@H]1O. The molecule has 1 aromatic carbocycles. The van der Waals surface area contributed by atoms with E-state index in [-0.39, 0.29) is 5.82 Å². The lowest BCUT2D eigenvalue weighted by Crippen LogP contribution is -2.42. The van der Waals surface area contributed by atoms with E-state index in [0.717, 1.165) is 12.2 Å². The second-order valence-corrected chi connectivity index (χ2v) is 8.18. The summed E-state index contributed by atoms with van der Waals surface area (Å²) < 4.78 is 7.15. The zero-order valence-corrected chi connectivity index (χ0v) is 17.7. The summed E-state index contributed by atoms with van der Waals surface area (Å²) in [7, 11) is 0. The Morgan fingerprint density at radius 1 is 1.26 bits per heavy atom. The number of aryl methyl sites for hydroxylation is 1. The van der Waals surface area contributed by atoms with Crippen molar-refractivity contribution in [1.29, 1.82) is 0 Å². The van der Waals surface area contributed by atoms with Gasteiger partial charge in [-0.05, 0) is 18.9 Å². The largest absolute Gasteiger partial charge is 0.387 e. The Balaban J connectivity index is 1.55. The topological polar surface area (TPSA) is 148 Å². The highest BCUT2D eigenvalue weighted by Crippen LogP contribution is 2.33. The van der Waals surface area contributed by atoms with Gasteiger partial charge in [-0.1, -0.05) is 42.1 Å². The zero-order chi connectivity index (χ0) is 22.0. The van der Waals surface area contributed by atoms with Gasteiger partial charge in [-0.25, -0.2) is 15.0 Å². The number of nitrogens with one attached hydrogen (secondary N) is 1. The summed E-state index contributed by atoms with van der Waals surface area (Å²) in [6, 6.07) is 10.1. The number of thioether (sulfide) groups is 1. The van der Waals surface area contributed by atoms with E-state index in [9.17, 15) is 15.0 Å². The fraction of sp³-hybridized carbons (Fsp3) is 0.400. The summed E-state index contributed by atoms with van der Waals surface area (Å²) in [6.07, 6.45) is -2.70. The van der Waals surface area contributed by atoms with Crippen LogP contribution in [-0.4, -0.2) is 66.2 Å². The number of carbonyl (C=O) groups excluding carboxylic acids is 1. The molecule has 4 atom stereocenters. The monoisotopic (exact) mass is 444 g/mol. The van der Waals surface area contributed by atoms with Gasteiger partial charge in [-0.2, -0.15) is 0 Å². The van der Waals surface area contributed by atoms with Crippen LogP contribution in [0, 0.1) is 0 Å². The van der Waals surface area contributed by atoms with Crippen LogP contribution < -0.4 is 11.1 Å². The van der Waals surface area contributed by atoms with Crippen LogP contribution in [0.2, 0.25) is 0 Å². The number of nitrogens with two attached hydrogens (primary N) is 1. The van der Waals surface area contributed by atoms with Crippen LogP contribution in [0.4, 0.5) is 5.82 Å². The number of aliphatic hydroxyl groups excluding tert-OH is 2. The number of anilines is 1. The van der Waals surface area contributed by atoms with Gasteiger partial charge < -0.3 is 26.0 Å². The molecule has 2 aromatic heterocycles. The van der Waals surface area contributed by atoms with Crippen LogP contribution in [0.3, 0.4) is 0 Å². The van der Waals surface area contributed by atoms with Gasteiger partial charge in [-0.3, -0.25) is 9.36 Å². The average Bonchev–Trinajstić information content (AvgIpc) is 3.31. The third-order valence-electron chi connectivity index (χ3n) is 5.01. The minimum Gasteiger partial charge on any atom is -0.387 e. The summed E-state index contributed by atoms with van der Waals surface area (Å²) in [6.45, 7) is 2.14. The first kappa shape index (κ1) is 21.5. The van der Waals surface area contributed by atoms with E-state index in [4.69, 9.17) is 10.5 Å². The van der Waals surface area contributed by atoms with Crippen LogP contribution >= 0.6 is 11.8 Å². The van der Waals surface area contributed by atoms with Gasteiger partial charge in [0.25, 0.3) is 5.91 Å². The normalized spacial score (nSPS) is 23.3. The Labute approximate surface area is 182 Å².